The normalized spacial score (nSPS) is 24.3. The topological polar surface area (TPSA) is 21.3 Å². The predicted molar refractivity (Wildman–Crippen MR) is 46.8 cm³/mol. The van der Waals surface area contributed by atoms with E-state index in [-0.39, 0.29) is 0 Å². The van der Waals surface area contributed by atoms with Gasteiger partial charge in [-0.15, -0.1) is 0 Å². The molecule has 0 aliphatic carbocycles. The van der Waals surface area contributed by atoms with Crippen LogP contribution in [0.15, 0.2) is 0 Å². The van der Waals surface area contributed by atoms with Crippen LogP contribution in [0.1, 0.15) is 32.6 Å². The van der Waals surface area contributed by atoms with Gasteiger partial charge < -0.3 is 10.1 Å². The Morgan fingerprint density at radius 2 is 2.36 bits per heavy atom. The van der Waals surface area contributed by atoms with Crippen LogP contribution in [0, 0.1) is 0 Å². The van der Waals surface area contributed by atoms with Crippen molar-refractivity contribution in [1.82, 2.24) is 5.32 Å². The van der Waals surface area contributed by atoms with Crippen molar-refractivity contribution in [2.75, 3.05) is 19.7 Å². The molecule has 0 aromatic heterocycles. The fraction of sp³-hybridized carbons (Fsp3) is 1.00. The van der Waals surface area contributed by atoms with Gasteiger partial charge in [0.1, 0.15) is 0 Å². The van der Waals surface area contributed by atoms with Gasteiger partial charge in [0.25, 0.3) is 0 Å². The van der Waals surface area contributed by atoms with Crippen molar-refractivity contribution < 1.29 is 4.74 Å². The standard InChI is InChI=1S/C9H19NO/c1-2-6-10-7-5-9-4-3-8-11-9/h9-10H,2-8H2,1H3. The first-order chi connectivity index (χ1) is 5.43. The van der Waals surface area contributed by atoms with Crippen LogP contribution in [-0.2, 0) is 4.74 Å². The van der Waals surface area contributed by atoms with Gasteiger partial charge in [-0.1, -0.05) is 6.92 Å². The lowest BCUT2D eigenvalue weighted by atomic mass is 10.2. The second-order valence-corrected chi connectivity index (χ2v) is 3.17. The highest BCUT2D eigenvalue weighted by molar-refractivity contribution is 4.65. The van der Waals surface area contributed by atoms with E-state index >= 15 is 0 Å². The molecule has 11 heavy (non-hydrogen) atoms. The van der Waals surface area contributed by atoms with Crippen LogP contribution in [0.3, 0.4) is 0 Å². The fourth-order valence-electron chi connectivity index (χ4n) is 1.44. The molecule has 1 rings (SSSR count). The Balaban J connectivity index is 1.86. The van der Waals surface area contributed by atoms with E-state index < -0.39 is 0 Å². The van der Waals surface area contributed by atoms with Crippen LogP contribution in [0.5, 0.6) is 0 Å². The highest BCUT2D eigenvalue weighted by Gasteiger charge is 2.13. The summed E-state index contributed by atoms with van der Waals surface area (Å²) in [5.41, 5.74) is 0. The van der Waals surface area contributed by atoms with Gasteiger partial charge in [-0.3, -0.25) is 0 Å². The molecule has 0 aromatic rings. The third kappa shape index (κ3) is 3.73. The summed E-state index contributed by atoms with van der Waals surface area (Å²) in [4.78, 5) is 0. The minimum atomic E-state index is 0.555. The molecule has 1 aliphatic rings. The summed E-state index contributed by atoms with van der Waals surface area (Å²) in [6, 6.07) is 0. The quantitative estimate of drug-likeness (QED) is 0.611. The number of hydrogen-bond donors (Lipinski definition) is 1. The Hall–Kier alpha value is -0.0800. The van der Waals surface area contributed by atoms with Crippen molar-refractivity contribution in [3.8, 4) is 0 Å². The first-order valence-electron chi connectivity index (χ1n) is 4.76. The maximum atomic E-state index is 5.49. The lowest BCUT2D eigenvalue weighted by Gasteiger charge is -2.08. The summed E-state index contributed by atoms with van der Waals surface area (Å²) in [5.74, 6) is 0. The van der Waals surface area contributed by atoms with Crippen LogP contribution >= 0.6 is 0 Å². The molecule has 0 bridgehead atoms. The number of hydrogen-bond acceptors (Lipinski definition) is 2. The Morgan fingerprint density at radius 1 is 1.45 bits per heavy atom. The Bertz CT molecular complexity index is 89.6. The first kappa shape index (κ1) is 9.01. The summed E-state index contributed by atoms with van der Waals surface area (Å²) in [7, 11) is 0. The average Bonchev–Trinajstić information content (AvgIpc) is 2.50. The molecule has 66 valence electrons. The van der Waals surface area contributed by atoms with Gasteiger partial charge in [0.05, 0.1) is 6.10 Å². The van der Waals surface area contributed by atoms with Crippen LogP contribution in [0.4, 0.5) is 0 Å². The Labute approximate surface area is 69.3 Å². The molecule has 1 unspecified atom stereocenters. The first-order valence-corrected chi connectivity index (χ1v) is 4.76. The zero-order valence-corrected chi connectivity index (χ0v) is 7.44. The van der Waals surface area contributed by atoms with Crippen molar-refractivity contribution in [3.63, 3.8) is 0 Å². The molecule has 1 aliphatic heterocycles. The number of nitrogens with one attached hydrogen (secondary N) is 1. The van der Waals surface area contributed by atoms with E-state index in [1.54, 1.807) is 0 Å². The molecule has 0 aromatic carbocycles. The fourth-order valence-corrected chi connectivity index (χ4v) is 1.44. The minimum Gasteiger partial charge on any atom is -0.378 e. The molecule has 0 radical (unpaired) electrons. The van der Waals surface area contributed by atoms with Crippen LogP contribution < -0.4 is 5.32 Å². The molecule has 1 atom stereocenters. The molecule has 1 saturated heterocycles. The largest absolute Gasteiger partial charge is 0.378 e. The maximum Gasteiger partial charge on any atom is 0.0588 e. The number of rotatable bonds is 5. The molecular formula is C9H19NO. The molecule has 2 nitrogen and oxygen atoms in total. The third-order valence-corrected chi connectivity index (χ3v) is 2.09. The van der Waals surface area contributed by atoms with E-state index in [9.17, 15) is 0 Å². The zero-order valence-electron chi connectivity index (χ0n) is 7.44. The van der Waals surface area contributed by atoms with Gasteiger partial charge in [-0.25, -0.2) is 0 Å². The van der Waals surface area contributed by atoms with Crippen molar-refractivity contribution >= 4 is 0 Å². The van der Waals surface area contributed by atoms with Gasteiger partial charge >= 0.3 is 0 Å². The van der Waals surface area contributed by atoms with Crippen LogP contribution in [0.2, 0.25) is 0 Å². The van der Waals surface area contributed by atoms with Crippen LogP contribution in [0.25, 0.3) is 0 Å². The van der Waals surface area contributed by atoms with Gasteiger partial charge in [-0.2, -0.15) is 0 Å². The van der Waals surface area contributed by atoms with Gasteiger partial charge in [0, 0.05) is 6.61 Å². The third-order valence-electron chi connectivity index (χ3n) is 2.09. The van der Waals surface area contributed by atoms with E-state index in [2.05, 4.69) is 12.2 Å². The molecule has 0 amide bonds. The molecule has 1 heterocycles. The van der Waals surface area contributed by atoms with Crippen molar-refractivity contribution in [2.24, 2.45) is 0 Å². The molecule has 1 fully saturated rings. The second kappa shape index (κ2) is 5.56. The van der Waals surface area contributed by atoms with Crippen molar-refractivity contribution in [3.05, 3.63) is 0 Å². The van der Waals surface area contributed by atoms with Crippen LogP contribution in [-0.4, -0.2) is 25.8 Å². The monoisotopic (exact) mass is 157 g/mol. The summed E-state index contributed by atoms with van der Waals surface area (Å²) in [6.07, 6.45) is 5.51. The van der Waals surface area contributed by atoms with Crippen molar-refractivity contribution in [2.45, 2.75) is 38.7 Å². The summed E-state index contributed by atoms with van der Waals surface area (Å²) >= 11 is 0. The molecular weight excluding hydrogens is 138 g/mol. The summed E-state index contributed by atoms with van der Waals surface area (Å²) in [5, 5.41) is 3.38. The van der Waals surface area contributed by atoms with Gasteiger partial charge in [-0.05, 0) is 38.8 Å². The highest BCUT2D eigenvalue weighted by Crippen LogP contribution is 2.14. The lowest BCUT2D eigenvalue weighted by molar-refractivity contribution is 0.104. The van der Waals surface area contributed by atoms with Crippen molar-refractivity contribution in [1.29, 1.82) is 0 Å². The smallest absolute Gasteiger partial charge is 0.0588 e. The molecule has 1 N–H and O–H groups in total. The maximum absolute atomic E-state index is 5.49. The number of ether oxygens (including phenoxy) is 1. The van der Waals surface area contributed by atoms with Gasteiger partial charge in [0.15, 0.2) is 0 Å². The highest BCUT2D eigenvalue weighted by atomic mass is 16.5. The minimum absolute atomic E-state index is 0.555. The van der Waals surface area contributed by atoms with E-state index in [4.69, 9.17) is 4.74 Å². The van der Waals surface area contributed by atoms with Gasteiger partial charge in [0.2, 0.25) is 0 Å². The van der Waals surface area contributed by atoms with E-state index in [1.807, 2.05) is 0 Å². The summed E-state index contributed by atoms with van der Waals surface area (Å²) < 4.78 is 5.49. The summed E-state index contributed by atoms with van der Waals surface area (Å²) in [6.45, 7) is 5.45. The molecule has 2 heteroatoms. The Morgan fingerprint density at radius 3 is 3.00 bits per heavy atom. The SMILES string of the molecule is CCCNCCC1CCCO1. The zero-order chi connectivity index (χ0) is 7.94. The predicted octanol–water partition coefficient (Wildman–Crippen LogP) is 1.56. The molecule has 0 spiro atoms. The molecule has 0 saturated carbocycles. The lowest BCUT2D eigenvalue weighted by Crippen LogP contribution is -2.20. The second-order valence-electron chi connectivity index (χ2n) is 3.17. The average molecular weight is 157 g/mol. The van der Waals surface area contributed by atoms with E-state index in [1.165, 1.54) is 25.7 Å². The van der Waals surface area contributed by atoms with E-state index in [0.717, 1.165) is 19.7 Å². The Kier molecular flexibility index (Phi) is 4.55. The van der Waals surface area contributed by atoms with E-state index in [0.29, 0.717) is 6.10 Å².